The van der Waals surface area contributed by atoms with Crippen molar-refractivity contribution in [2.45, 2.75) is 38.1 Å². The zero-order chi connectivity index (χ0) is 23.4. The van der Waals surface area contributed by atoms with Crippen molar-refractivity contribution in [1.82, 2.24) is 14.9 Å². The van der Waals surface area contributed by atoms with Crippen molar-refractivity contribution in [3.63, 3.8) is 0 Å². The summed E-state index contributed by atoms with van der Waals surface area (Å²) in [5.74, 6) is -0.624. The Morgan fingerprint density at radius 2 is 1.76 bits per heavy atom. The molecule has 1 aliphatic rings. The summed E-state index contributed by atoms with van der Waals surface area (Å²) in [5.41, 5.74) is 6.29. The summed E-state index contributed by atoms with van der Waals surface area (Å²) >= 11 is 0. The standard InChI is InChI=1S/C24H25N5O4/c25-20(30)13-14-26-23(32)16-5-1-3-7-18(16)28-22(31)12-11-21-27-19-8-4-2-6-17(19)24(33)29(21)15-9-10-15/h1-8,15H,9-14H2,(H2,25,30)(H,26,32)(H,28,31). The summed E-state index contributed by atoms with van der Waals surface area (Å²) in [7, 11) is 0. The van der Waals surface area contributed by atoms with Gasteiger partial charge in [-0.1, -0.05) is 24.3 Å². The molecule has 1 aromatic heterocycles. The molecule has 1 fully saturated rings. The van der Waals surface area contributed by atoms with Crippen LogP contribution in [0, 0.1) is 0 Å². The zero-order valence-corrected chi connectivity index (χ0v) is 18.0. The normalized spacial score (nSPS) is 13.0. The number of primary amides is 1. The molecule has 0 spiro atoms. The van der Waals surface area contributed by atoms with E-state index in [1.165, 1.54) is 0 Å². The van der Waals surface area contributed by atoms with Crippen LogP contribution in [0.25, 0.3) is 10.9 Å². The van der Waals surface area contributed by atoms with E-state index < -0.39 is 11.8 Å². The molecule has 0 bridgehead atoms. The van der Waals surface area contributed by atoms with Gasteiger partial charge in [-0.25, -0.2) is 4.98 Å². The number of fused-ring (bicyclic) bond motifs is 1. The van der Waals surface area contributed by atoms with Crippen LogP contribution in [-0.2, 0) is 16.0 Å². The lowest BCUT2D eigenvalue weighted by atomic mass is 10.1. The van der Waals surface area contributed by atoms with Crippen LogP contribution in [-0.4, -0.2) is 33.8 Å². The Balaban J connectivity index is 1.46. The van der Waals surface area contributed by atoms with Gasteiger partial charge in [0.25, 0.3) is 11.5 Å². The summed E-state index contributed by atoms with van der Waals surface area (Å²) in [6.07, 6.45) is 2.29. The molecular formula is C24H25N5O4. The Kier molecular flexibility index (Phi) is 6.48. The fourth-order valence-electron chi connectivity index (χ4n) is 3.70. The Hall–Kier alpha value is -4.01. The Morgan fingerprint density at radius 1 is 1.03 bits per heavy atom. The molecule has 0 saturated heterocycles. The maximum atomic E-state index is 13.0. The number of anilines is 1. The molecule has 0 radical (unpaired) electrons. The summed E-state index contributed by atoms with van der Waals surface area (Å²) in [6, 6.07) is 14.0. The van der Waals surface area contributed by atoms with Gasteiger partial charge in [-0.05, 0) is 37.1 Å². The van der Waals surface area contributed by atoms with Gasteiger partial charge >= 0.3 is 0 Å². The molecule has 1 aliphatic carbocycles. The second kappa shape index (κ2) is 9.64. The van der Waals surface area contributed by atoms with Crippen LogP contribution < -0.4 is 21.9 Å². The quantitative estimate of drug-likeness (QED) is 0.460. The van der Waals surface area contributed by atoms with Gasteiger partial charge in [0.05, 0.1) is 22.2 Å². The number of benzene rings is 2. The predicted octanol–water partition coefficient (Wildman–Crippen LogP) is 1.91. The monoisotopic (exact) mass is 447 g/mol. The topological polar surface area (TPSA) is 136 Å². The molecule has 0 aliphatic heterocycles. The number of nitrogens with two attached hydrogens (primary N) is 1. The van der Waals surface area contributed by atoms with Gasteiger partial charge in [0, 0.05) is 31.8 Å². The van der Waals surface area contributed by atoms with Crippen molar-refractivity contribution >= 4 is 34.3 Å². The highest BCUT2D eigenvalue weighted by Crippen LogP contribution is 2.35. The lowest BCUT2D eigenvalue weighted by molar-refractivity contribution is -0.118. The van der Waals surface area contributed by atoms with E-state index in [1.807, 2.05) is 12.1 Å². The molecule has 170 valence electrons. The molecule has 9 heteroatoms. The smallest absolute Gasteiger partial charge is 0.261 e. The summed E-state index contributed by atoms with van der Waals surface area (Å²) in [5, 5.41) is 5.96. The van der Waals surface area contributed by atoms with Crippen molar-refractivity contribution in [3.8, 4) is 0 Å². The third-order valence-electron chi connectivity index (χ3n) is 5.47. The number of nitrogens with one attached hydrogen (secondary N) is 2. The second-order valence-electron chi connectivity index (χ2n) is 8.02. The number of carbonyl (C=O) groups is 3. The van der Waals surface area contributed by atoms with E-state index in [0.717, 1.165) is 12.8 Å². The van der Waals surface area contributed by atoms with Crippen LogP contribution in [0.15, 0.2) is 53.3 Å². The van der Waals surface area contributed by atoms with E-state index in [0.29, 0.717) is 28.8 Å². The first-order valence-electron chi connectivity index (χ1n) is 10.9. The second-order valence-corrected chi connectivity index (χ2v) is 8.02. The predicted molar refractivity (Wildman–Crippen MR) is 124 cm³/mol. The Bertz CT molecular complexity index is 1280. The number of aromatic nitrogens is 2. The molecule has 33 heavy (non-hydrogen) atoms. The minimum absolute atomic E-state index is 0.0295. The average Bonchev–Trinajstić information content (AvgIpc) is 3.63. The van der Waals surface area contributed by atoms with Gasteiger partial charge in [0.15, 0.2) is 0 Å². The van der Waals surface area contributed by atoms with E-state index in [-0.39, 0.29) is 42.5 Å². The molecule has 2 aromatic carbocycles. The fraction of sp³-hybridized carbons (Fsp3) is 0.292. The first kappa shape index (κ1) is 22.2. The third-order valence-corrected chi connectivity index (χ3v) is 5.47. The SMILES string of the molecule is NC(=O)CCNC(=O)c1ccccc1NC(=O)CCc1nc2ccccc2c(=O)n1C1CC1. The highest BCUT2D eigenvalue weighted by atomic mass is 16.2. The molecule has 3 amide bonds. The minimum atomic E-state index is -0.510. The van der Waals surface area contributed by atoms with E-state index >= 15 is 0 Å². The summed E-state index contributed by atoms with van der Waals surface area (Å²) in [6.45, 7) is 0.114. The van der Waals surface area contributed by atoms with Gasteiger partial charge < -0.3 is 16.4 Å². The number of para-hydroxylation sites is 2. The van der Waals surface area contributed by atoms with Gasteiger partial charge in [0.2, 0.25) is 11.8 Å². The highest BCUT2D eigenvalue weighted by Gasteiger charge is 2.28. The lowest BCUT2D eigenvalue weighted by Crippen LogP contribution is -2.29. The van der Waals surface area contributed by atoms with Gasteiger partial charge in [0.1, 0.15) is 5.82 Å². The summed E-state index contributed by atoms with van der Waals surface area (Å²) < 4.78 is 1.72. The van der Waals surface area contributed by atoms with Gasteiger partial charge in [-0.2, -0.15) is 0 Å². The Labute approximate surface area is 190 Å². The minimum Gasteiger partial charge on any atom is -0.370 e. The molecule has 0 unspecified atom stereocenters. The number of rotatable bonds is 9. The molecule has 1 heterocycles. The number of carbonyl (C=O) groups excluding carboxylic acids is 3. The van der Waals surface area contributed by atoms with Crippen LogP contribution in [0.4, 0.5) is 5.69 Å². The fourth-order valence-corrected chi connectivity index (χ4v) is 3.70. The van der Waals surface area contributed by atoms with Crippen molar-refractivity contribution in [2.24, 2.45) is 5.73 Å². The van der Waals surface area contributed by atoms with E-state index in [4.69, 9.17) is 5.73 Å². The van der Waals surface area contributed by atoms with Gasteiger partial charge in [-0.3, -0.25) is 23.7 Å². The van der Waals surface area contributed by atoms with Crippen LogP contribution >= 0.6 is 0 Å². The third kappa shape index (κ3) is 5.25. The maximum Gasteiger partial charge on any atom is 0.261 e. The number of amides is 3. The number of hydrogen-bond acceptors (Lipinski definition) is 5. The van der Waals surface area contributed by atoms with Crippen molar-refractivity contribution in [2.75, 3.05) is 11.9 Å². The Morgan fingerprint density at radius 3 is 2.52 bits per heavy atom. The van der Waals surface area contributed by atoms with E-state index in [1.54, 1.807) is 41.0 Å². The maximum absolute atomic E-state index is 13.0. The molecule has 9 nitrogen and oxygen atoms in total. The van der Waals surface area contributed by atoms with Crippen LogP contribution in [0.1, 0.15) is 47.9 Å². The first-order chi connectivity index (χ1) is 15.9. The zero-order valence-electron chi connectivity index (χ0n) is 18.0. The van der Waals surface area contributed by atoms with E-state index in [9.17, 15) is 19.2 Å². The van der Waals surface area contributed by atoms with Crippen LogP contribution in [0.2, 0.25) is 0 Å². The van der Waals surface area contributed by atoms with E-state index in [2.05, 4.69) is 15.6 Å². The van der Waals surface area contributed by atoms with Crippen LogP contribution in [0.3, 0.4) is 0 Å². The van der Waals surface area contributed by atoms with Crippen molar-refractivity contribution in [1.29, 1.82) is 0 Å². The summed E-state index contributed by atoms with van der Waals surface area (Å²) in [4.78, 5) is 53.6. The largest absolute Gasteiger partial charge is 0.370 e. The molecule has 3 aromatic rings. The molecule has 4 N–H and O–H groups in total. The molecule has 1 saturated carbocycles. The number of aryl methyl sites for hydroxylation is 1. The lowest BCUT2D eigenvalue weighted by Gasteiger charge is -2.14. The molecular weight excluding hydrogens is 422 g/mol. The number of nitrogens with zero attached hydrogens (tertiary/aromatic N) is 2. The first-order valence-corrected chi connectivity index (χ1v) is 10.9. The molecule has 0 atom stereocenters. The van der Waals surface area contributed by atoms with Crippen LogP contribution in [0.5, 0.6) is 0 Å². The van der Waals surface area contributed by atoms with Gasteiger partial charge in [-0.15, -0.1) is 0 Å². The van der Waals surface area contributed by atoms with Crippen molar-refractivity contribution < 1.29 is 14.4 Å². The number of hydrogen-bond donors (Lipinski definition) is 3. The highest BCUT2D eigenvalue weighted by molar-refractivity contribution is 6.03. The average molecular weight is 447 g/mol. The van der Waals surface area contributed by atoms with Crippen molar-refractivity contribution in [3.05, 3.63) is 70.3 Å². The molecule has 4 rings (SSSR count).